The summed E-state index contributed by atoms with van der Waals surface area (Å²) >= 11 is 0. The molecule has 3 radical (unpaired) electrons. The molecule has 0 bridgehead atoms. The third-order valence-corrected chi connectivity index (χ3v) is 18.3. The fourth-order valence-corrected chi connectivity index (χ4v) is 11.2. The van der Waals surface area contributed by atoms with Crippen LogP contribution in [0.1, 0.15) is 218 Å². The molecule has 4 rings (SSSR count). The number of unbranched alkanes of at least 4 members (excludes halogenated alkanes) is 1. The Bertz CT molecular complexity index is 3830. The second-order valence-electron chi connectivity index (χ2n) is 31.4. The van der Waals surface area contributed by atoms with E-state index < -0.39 is 94.7 Å². The number of carbonyl (C=O) groups excluding carboxylic acids is 10. The molecule has 4 aromatic rings. The summed E-state index contributed by atoms with van der Waals surface area (Å²) in [6.45, 7) is 30.8. The molecule has 8 amide bonds. The highest BCUT2D eigenvalue weighted by Crippen LogP contribution is 2.23. The lowest BCUT2D eigenvalue weighted by molar-refractivity contribution is -0.127. The van der Waals surface area contributed by atoms with Crippen LogP contribution in [0.3, 0.4) is 0 Å². The molecule has 10 atom stereocenters. The number of aliphatic hydroxyl groups is 5. The van der Waals surface area contributed by atoms with Gasteiger partial charge in [0.25, 0.3) is 0 Å². The van der Waals surface area contributed by atoms with E-state index in [4.69, 9.17) is 30.4 Å². The Kier molecular flexibility index (Phi) is 82.4. The van der Waals surface area contributed by atoms with Gasteiger partial charge in [0.2, 0.25) is 35.4 Å². The molecule has 743 valence electrons. The third-order valence-electron chi connectivity index (χ3n) is 18.3. The van der Waals surface area contributed by atoms with Crippen molar-refractivity contribution in [2.75, 3.05) is 74.9 Å². The van der Waals surface area contributed by atoms with E-state index in [1.165, 1.54) is 36.4 Å². The van der Waals surface area contributed by atoms with Gasteiger partial charge in [-0.25, -0.2) is 9.59 Å². The molecule has 0 fully saturated rings. The van der Waals surface area contributed by atoms with Crippen LogP contribution in [0.5, 0.6) is 0 Å². The SMILES string of the molecule is C.C.C.C.C.C.C.C=CC(=O)CCCCNC(=O)OC(C)(C)C.C=CC(=O)Cc1cccc(B(O)O)c1.CCC(CC(C)C(=O)NCCCN)C(=O)Nc1cccc(B(O)O)c1.CCC(CC(C)C(=O)NCCCNC(=O)OC(C)(C)C)C(=O)Nc1cccc(B(O)O)c1.CCC(CC(C)C(=O)NCCCNCC(O)C(O)C(O)C(O)CO)C(=O)Nc1cccc(B(O)O)c1.[B]. The van der Waals surface area contributed by atoms with Crippen LogP contribution in [0, 0.1) is 35.5 Å². The Morgan fingerprint density at radius 3 is 1.04 bits per heavy atom. The van der Waals surface area contributed by atoms with Crippen molar-refractivity contribution in [1.29, 1.82) is 0 Å². The van der Waals surface area contributed by atoms with Gasteiger partial charge in [-0.15, -0.1) is 0 Å². The smallest absolute Gasteiger partial charge is 0.444 e. The van der Waals surface area contributed by atoms with Crippen LogP contribution in [0.15, 0.2) is 122 Å². The van der Waals surface area contributed by atoms with Crippen LogP contribution in [0.2, 0.25) is 0 Å². The van der Waals surface area contributed by atoms with E-state index in [-0.39, 0.29) is 155 Å². The van der Waals surface area contributed by atoms with E-state index in [2.05, 4.69) is 61.0 Å². The summed E-state index contributed by atoms with van der Waals surface area (Å²) in [7, 11) is -6.33. The van der Waals surface area contributed by atoms with Crippen molar-refractivity contribution in [3.8, 4) is 0 Å². The number of allylic oxidation sites excluding steroid dienone is 2. The topological polar surface area (TPSA) is 586 Å². The maximum atomic E-state index is 12.7. The van der Waals surface area contributed by atoms with Crippen molar-refractivity contribution >= 4 is 135 Å². The lowest BCUT2D eigenvalue weighted by atomic mass is 9.79. The first-order valence-electron chi connectivity index (χ1n) is 41.4. The van der Waals surface area contributed by atoms with Gasteiger partial charge in [-0.05, 0) is 201 Å². The van der Waals surface area contributed by atoms with Gasteiger partial charge in [0.05, 0.1) is 12.7 Å². The van der Waals surface area contributed by atoms with Gasteiger partial charge in [0.1, 0.15) is 29.5 Å². The summed E-state index contributed by atoms with van der Waals surface area (Å²) < 4.78 is 10.2. The zero-order chi connectivity index (χ0) is 93.5. The number of hydrogen-bond acceptors (Lipinski definition) is 27. The average molecular weight is 1850 g/mol. The Morgan fingerprint density at radius 2 is 0.725 bits per heavy atom. The molecule has 0 aliphatic heterocycles. The number of nitrogens with one attached hydrogen (secondary N) is 9. The van der Waals surface area contributed by atoms with E-state index in [9.17, 15) is 98.5 Å². The fourth-order valence-electron chi connectivity index (χ4n) is 11.2. The number of amides is 8. The minimum absolute atomic E-state index is 0. The normalized spacial score (nSPS) is 12.5. The van der Waals surface area contributed by atoms with Gasteiger partial charge < -0.3 is 129 Å². The first kappa shape index (κ1) is 140. The molecule has 10 unspecified atom stereocenters. The first-order valence-corrected chi connectivity index (χ1v) is 41.4. The highest BCUT2D eigenvalue weighted by atomic mass is 16.6. The van der Waals surface area contributed by atoms with E-state index in [0.29, 0.717) is 132 Å². The molecule has 0 saturated heterocycles. The minimum atomic E-state index is -1.68. The number of alkyl carbamates (subject to hydrolysis) is 2. The summed E-state index contributed by atoms with van der Waals surface area (Å²) in [5.74, 6) is -3.31. The molecule has 0 spiro atoms. The number of ketones is 2. The standard InChI is InChI=1S/C23H40BN3O9.C22H36BN3O6.C17H28BN3O4.C12H21NO3.C10H11BO3.7CH4.B/c1-3-15(23(34)27-17-7-4-6-16(11-17)24(35)36)10-14(2)22(33)26-9-5-8-25-12-18(29)20(31)21(32)19(30)13-28;1-6-16(20(28)26-18-10-7-9-17(14-18)23(30)31)13-15(2)19(27)24-11-8-12-25-21(29)32-22(3,4)5;1-3-13(10-12(2)16(22)20-9-5-8-19)17(23)21-15-7-4-6-14(11-15)18(24)25;1-5-10(14)8-6-7-9-13-11(15)16-12(2,3)4;1-2-10(12)7-8-4-3-5-9(6-8)11(13)14;;;;;;;;/h4,6-7,11,14-15,18-21,25,28-32,35-36H,3,5,8-10,12-13H2,1-2H3,(H,26,33)(H,27,34);7,9-10,14-16,30-31H,6,8,11-13H2,1-5H3,(H,24,27)(H,25,29)(H,26,28);4,6-7,11-13,24-25H,3,5,8-10,19H2,1-2H3,(H,20,22)(H,21,23);5H,1,6-9H2,2-4H3,(H,13,15);2-6,13-14H,1,7H2;7*1H4;. The number of rotatable bonds is 48. The molecule has 4 aromatic carbocycles. The van der Waals surface area contributed by atoms with Crippen LogP contribution in [0.4, 0.5) is 26.7 Å². The molecule has 35 nitrogen and oxygen atoms in total. The fraction of sp³-hybridized carbons (Fsp3) is 0.582. The van der Waals surface area contributed by atoms with Gasteiger partial charge in [-0.2, -0.15) is 0 Å². The number of benzene rings is 4. The molecule has 0 aliphatic carbocycles. The maximum absolute atomic E-state index is 12.7. The lowest BCUT2D eigenvalue weighted by Gasteiger charge is -2.25. The molecule has 0 aliphatic rings. The van der Waals surface area contributed by atoms with Crippen molar-refractivity contribution in [1.82, 2.24) is 31.9 Å². The van der Waals surface area contributed by atoms with Crippen LogP contribution in [-0.2, 0) is 54.3 Å². The average Bonchev–Trinajstić information content (AvgIpc) is 0.856. The summed E-state index contributed by atoms with van der Waals surface area (Å²) in [4.78, 5) is 119. The highest BCUT2D eigenvalue weighted by Gasteiger charge is 2.31. The van der Waals surface area contributed by atoms with Crippen molar-refractivity contribution in [3.05, 3.63) is 128 Å². The van der Waals surface area contributed by atoms with Crippen molar-refractivity contribution < 1.29 is 123 Å². The van der Waals surface area contributed by atoms with E-state index >= 15 is 0 Å². The van der Waals surface area contributed by atoms with Crippen LogP contribution >= 0.6 is 0 Å². The Labute approximate surface area is 784 Å². The number of carbonyl (C=O) groups is 10. The van der Waals surface area contributed by atoms with Crippen molar-refractivity contribution in [2.45, 2.75) is 254 Å². The van der Waals surface area contributed by atoms with Crippen molar-refractivity contribution in [2.24, 2.45) is 41.2 Å². The zero-order valence-corrected chi connectivity index (χ0v) is 73.8. The number of ether oxygens (including phenoxy) is 2. The predicted molar refractivity (Wildman–Crippen MR) is 529 cm³/mol. The number of hydrogen-bond donors (Lipinski definition) is 23. The number of nitrogens with two attached hydrogens (primary N) is 1. The van der Waals surface area contributed by atoms with Crippen LogP contribution in [-0.4, -0.2) is 256 Å². The van der Waals surface area contributed by atoms with Gasteiger partial charge in [-0.3, -0.25) is 38.4 Å². The van der Waals surface area contributed by atoms with E-state index in [0.717, 1.165) is 24.8 Å². The summed E-state index contributed by atoms with van der Waals surface area (Å²) in [6.07, 6.45) is 2.33. The van der Waals surface area contributed by atoms with Gasteiger partial charge in [0.15, 0.2) is 11.6 Å². The predicted octanol–water partition coefficient (Wildman–Crippen LogP) is 4.27. The largest absolute Gasteiger partial charge is 0.488 e. The quantitative estimate of drug-likeness (QED) is 0.0167. The minimum Gasteiger partial charge on any atom is -0.444 e. The zero-order valence-electron chi connectivity index (χ0n) is 73.8. The van der Waals surface area contributed by atoms with Gasteiger partial charge in [0, 0.05) is 113 Å². The number of anilines is 3. The lowest BCUT2D eigenvalue weighted by Crippen LogP contribution is -2.49. The summed E-state index contributed by atoms with van der Waals surface area (Å²) in [5.41, 5.74) is 7.75. The second-order valence-corrected chi connectivity index (χ2v) is 31.4. The van der Waals surface area contributed by atoms with Gasteiger partial charge >= 0.3 is 40.7 Å². The molecule has 0 saturated carbocycles. The van der Waals surface area contributed by atoms with E-state index in [1.807, 2.05) is 41.5 Å². The second kappa shape index (κ2) is 77.2. The maximum Gasteiger partial charge on any atom is 0.488 e. The third kappa shape index (κ3) is 64.3. The van der Waals surface area contributed by atoms with Crippen molar-refractivity contribution in [3.63, 3.8) is 0 Å². The van der Waals surface area contributed by atoms with E-state index in [1.54, 1.807) is 114 Å². The van der Waals surface area contributed by atoms with Gasteiger partial charge in [-0.1, -0.05) is 167 Å². The monoisotopic (exact) mass is 1850 g/mol. The molecule has 0 aromatic heterocycles. The molecule has 131 heavy (non-hydrogen) atoms. The molecular weight excluding hydrogens is 1690 g/mol. The number of aliphatic hydroxyl groups excluding tert-OH is 5. The highest BCUT2D eigenvalue weighted by molar-refractivity contribution is 6.60. The Hall–Kier alpha value is -9.22. The van der Waals surface area contributed by atoms with Crippen LogP contribution < -0.4 is 75.4 Å². The summed E-state index contributed by atoms with van der Waals surface area (Å²) in [6, 6.07) is 25.6. The molecule has 24 N–H and O–H groups in total. The first-order chi connectivity index (χ1) is 57.8. The summed E-state index contributed by atoms with van der Waals surface area (Å²) in [5, 5.41) is 145. The molecule has 40 heteroatoms. The molecule has 0 heterocycles. The van der Waals surface area contributed by atoms with Crippen LogP contribution in [0.25, 0.3) is 0 Å². The Morgan fingerprint density at radius 1 is 0.420 bits per heavy atom. The Balaban J connectivity index is -0.000000207. The molecular formula is C91H164B5N10O25.